The predicted octanol–water partition coefficient (Wildman–Crippen LogP) is 4.88. The highest BCUT2D eigenvalue weighted by Crippen LogP contribution is 2.63. The number of hydrogen-bond acceptors (Lipinski definition) is 4. The van der Waals surface area contributed by atoms with Gasteiger partial charge in [0.15, 0.2) is 0 Å². The SMILES string of the molecule is CCCCSc1cc(C(N)=O)cc2c(Br)c(C(F)(F)P(=O)(O)O)sc12. The summed E-state index contributed by atoms with van der Waals surface area (Å²) in [5, 5.41) is 0.281. The van der Waals surface area contributed by atoms with Crippen molar-refractivity contribution in [3.8, 4) is 0 Å². The topological polar surface area (TPSA) is 101 Å². The lowest BCUT2D eigenvalue weighted by molar-refractivity contribution is 0.0595. The van der Waals surface area contributed by atoms with E-state index in [9.17, 15) is 18.1 Å². The molecule has 0 aliphatic heterocycles. The van der Waals surface area contributed by atoms with Crippen LogP contribution in [-0.2, 0) is 10.2 Å². The zero-order valence-electron chi connectivity index (χ0n) is 13.0. The molecule has 0 saturated carbocycles. The largest absolute Gasteiger partial charge is 0.400 e. The third kappa shape index (κ3) is 4.09. The number of carbonyl (C=O) groups is 1. The maximum absolute atomic E-state index is 14.2. The third-order valence-corrected chi connectivity index (χ3v) is 8.13. The van der Waals surface area contributed by atoms with Gasteiger partial charge in [0.05, 0.1) is 0 Å². The molecule has 0 aliphatic carbocycles. The Morgan fingerprint density at radius 1 is 1.44 bits per heavy atom. The number of hydrogen-bond donors (Lipinski definition) is 3. The van der Waals surface area contributed by atoms with Crippen LogP contribution in [0.25, 0.3) is 10.1 Å². The number of nitrogens with two attached hydrogens (primary N) is 1. The zero-order chi connectivity index (χ0) is 19.0. The van der Waals surface area contributed by atoms with Crippen molar-refractivity contribution in [1.29, 1.82) is 0 Å². The average Bonchev–Trinajstić information content (AvgIpc) is 2.84. The molecule has 4 N–H and O–H groups in total. The Balaban J connectivity index is 2.70. The van der Waals surface area contributed by atoms with Crippen molar-refractivity contribution < 1.29 is 27.9 Å². The number of benzene rings is 1. The van der Waals surface area contributed by atoms with Crippen molar-refractivity contribution in [3.63, 3.8) is 0 Å². The fraction of sp³-hybridized carbons (Fsp3) is 0.357. The average molecular weight is 474 g/mol. The van der Waals surface area contributed by atoms with Crippen molar-refractivity contribution in [3.05, 3.63) is 27.0 Å². The van der Waals surface area contributed by atoms with E-state index in [1.165, 1.54) is 23.9 Å². The summed E-state index contributed by atoms with van der Waals surface area (Å²) < 4.78 is 39.9. The first-order valence-corrected chi connectivity index (χ1v) is 11.3. The molecule has 0 radical (unpaired) electrons. The summed E-state index contributed by atoms with van der Waals surface area (Å²) in [6.07, 6.45) is 1.84. The summed E-state index contributed by atoms with van der Waals surface area (Å²) in [7, 11) is -5.70. The first-order valence-electron chi connectivity index (χ1n) is 7.13. The van der Waals surface area contributed by atoms with Gasteiger partial charge in [0, 0.05) is 25.0 Å². The van der Waals surface area contributed by atoms with Crippen molar-refractivity contribution in [2.24, 2.45) is 5.73 Å². The second-order valence-corrected chi connectivity index (χ2v) is 9.85. The first-order chi connectivity index (χ1) is 11.5. The maximum Gasteiger partial charge on any atom is 0.400 e. The van der Waals surface area contributed by atoms with Gasteiger partial charge in [-0.25, -0.2) is 0 Å². The molecule has 1 amide bonds. The van der Waals surface area contributed by atoms with Gasteiger partial charge in [-0.1, -0.05) is 13.3 Å². The van der Waals surface area contributed by atoms with E-state index in [2.05, 4.69) is 15.9 Å². The van der Waals surface area contributed by atoms with E-state index < -0.39 is 24.0 Å². The van der Waals surface area contributed by atoms with E-state index in [0.717, 1.165) is 12.8 Å². The van der Waals surface area contributed by atoms with E-state index in [4.69, 9.17) is 15.5 Å². The summed E-state index contributed by atoms with van der Waals surface area (Å²) in [4.78, 5) is 29.3. The summed E-state index contributed by atoms with van der Waals surface area (Å²) >= 11 is 4.99. The van der Waals surface area contributed by atoms with Gasteiger partial charge < -0.3 is 15.5 Å². The van der Waals surface area contributed by atoms with Crippen LogP contribution in [0.5, 0.6) is 0 Å². The highest BCUT2D eigenvalue weighted by atomic mass is 79.9. The van der Waals surface area contributed by atoms with Crippen LogP contribution in [0.2, 0.25) is 0 Å². The van der Waals surface area contributed by atoms with Gasteiger partial charge in [-0.05, 0) is 40.2 Å². The van der Waals surface area contributed by atoms with Crippen LogP contribution in [0.1, 0.15) is 35.0 Å². The molecule has 25 heavy (non-hydrogen) atoms. The van der Waals surface area contributed by atoms with Gasteiger partial charge in [-0.15, -0.1) is 23.1 Å². The number of fused-ring (bicyclic) bond motifs is 1. The van der Waals surface area contributed by atoms with Gasteiger partial charge >= 0.3 is 13.3 Å². The lowest BCUT2D eigenvalue weighted by Gasteiger charge is -2.16. The molecule has 0 bridgehead atoms. The molecular weight excluding hydrogens is 459 g/mol. The second kappa shape index (κ2) is 7.62. The van der Waals surface area contributed by atoms with Gasteiger partial charge in [0.2, 0.25) is 5.91 Å². The van der Waals surface area contributed by atoms with Crippen LogP contribution in [0, 0.1) is 0 Å². The lowest BCUT2D eigenvalue weighted by atomic mass is 10.1. The molecule has 1 aromatic carbocycles. The molecule has 0 spiro atoms. The monoisotopic (exact) mass is 473 g/mol. The summed E-state index contributed by atoms with van der Waals surface area (Å²) in [6.45, 7) is 2.01. The van der Waals surface area contributed by atoms with E-state index in [0.29, 0.717) is 26.7 Å². The van der Waals surface area contributed by atoms with Crippen LogP contribution in [-0.4, -0.2) is 21.4 Å². The van der Waals surface area contributed by atoms with E-state index >= 15 is 0 Å². The first kappa shape index (κ1) is 20.8. The number of carbonyl (C=O) groups excluding carboxylic acids is 1. The Labute approximate surface area is 159 Å². The lowest BCUT2D eigenvalue weighted by Crippen LogP contribution is -2.12. The van der Waals surface area contributed by atoms with Crippen molar-refractivity contribution in [2.45, 2.75) is 30.3 Å². The number of rotatable bonds is 7. The fourth-order valence-corrected chi connectivity index (χ4v) is 6.36. The van der Waals surface area contributed by atoms with Crippen LogP contribution in [0.3, 0.4) is 0 Å². The predicted molar refractivity (Wildman–Crippen MR) is 99.6 cm³/mol. The van der Waals surface area contributed by atoms with Crippen LogP contribution in [0.4, 0.5) is 8.78 Å². The molecule has 138 valence electrons. The number of halogens is 3. The molecule has 2 rings (SSSR count). The molecule has 2 aromatic rings. The van der Waals surface area contributed by atoms with Crippen molar-refractivity contribution in [1.82, 2.24) is 0 Å². The van der Waals surface area contributed by atoms with Gasteiger partial charge in [-0.2, -0.15) is 8.78 Å². The molecule has 0 atom stereocenters. The Kier molecular flexibility index (Phi) is 6.34. The van der Waals surface area contributed by atoms with Crippen LogP contribution >= 0.6 is 46.6 Å². The van der Waals surface area contributed by atoms with Crippen LogP contribution in [0.15, 0.2) is 21.5 Å². The second-order valence-electron chi connectivity index (χ2n) is 5.25. The smallest absolute Gasteiger partial charge is 0.366 e. The Bertz CT molecular complexity index is 868. The molecule has 1 heterocycles. The highest BCUT2D eigenvalue weighted by molar-refractivity contribution is 9.10. The van der Waals surface area contributed by atoms with E-state index in [-0.39, 0.29) is 15.4 Å². The summed E-state index contributed by atoms with van der Waals surface area (Å²) in [5.74, 6) is 0.00809. The standard InChI is InChI=1S/C14H15BrF2NO4PS2/c1-2-3-4-24-9-6-7(13(18)19)5-8-10(15)12(25-11(8)9)14(16,17)23(20,21)22/h5-6H,2-4H2,1H3,(H2,18,19)(H2,20,21,22). The molecule has 11 heteroatoms. The normalized spacial score (nSPS) is 12.7. The van der Waals surface area contributed by atoms with E-state index in [1.54, 1.807) is 0 Å². The van der Waals surface area contributed by atoms with E-state index in [1.807, 2.05) is 6.92 Å². The maximum atomic E-state index is 14.2. The van der Waals surface area contributed by atoms with Gasteiger partial charge in [0.1, 0.15) is 4.88 Å². The third-order valence-electron chi connectivity index (χ3n) is 3.37. The van der Waals surface area contributed by atoms with Gasteiger partial charge in [-0.3, -0.25) is 9.36 Å². The van der Waals surface area contributed by atoms with Crippen molar-refractivity contribution in [2.75, 3.05) is 5.75 Å². The van der Waals surface area contributed by atoms with Crippen LogP contribution < -0.4 is 5.73 Å². The minimum atomic E-state index is -5.70. The zero-order valence-corrected chi connectivity index (χ0v) is 17.1. The molecular formula is C14H15BrF2NO4PS2. The number of thiophene rings is 1. The number of unbranched alkanes of at least 4 members (excludes halogenated alkanes) is 1. The number of primary amides is 1. The number of alkyl halides is 2. The van der Waals surface area contributed by atoms with Crippen molar-refractivity contribution >= 4 is 62.6 Å². The van der Waals surface area contributed by atoms with Gasteiger partial charge in [0.25, 0.3) is 0 Å². The molecule has 0 saturated heterocycles. The molecule has 0 fully saturated rings. The summed E-state index contributed by atoms with van der Waals surface area (Å²) in [6, 6.07) is 2.87. The highest BCUT2D eigenvalue weighted by Gasteiger charge is 2.53. The fourth-order valence-electron chi connectivity index (χ4n) is 2.04. The summed E-state index contributed by atoms with van der Waals surface area (Å²) in [5.41, 5.74) is 1.13. The number of thioether (sulfide) groups is 1. The Morgan fingerprint density at radius 2 is 2.08 bits per heavy atom. The minimum absolute atomic E-state index is 0.138. The minimum Gasteiger partial charge on any atom is -0.366 e. The molecule has 0 aliphatic rings. The molecule has 5 nitrogen and oxygen atoms in total. The Hall–Kier alpha value is -0.510. The Morgan fingerprint density at radius 3 is 2.60 bits per heavy atom. The quantitative estimate of drug-likeness (QED) is 0.302. The molecule has 1 aromatic heterocycles. The number of amides is 1. The molecule has 0 unspecified atom stereocenters.